The zero-order chi connectivity index (χ0) is 18.7. The number of aromatic amines is 1. The molecule has 1 heterocycles. The number of ether oxygens (including phenoxy) is 1. The minimum Gasteiger partial charge on any atom is -0.496 e. The van der Waals surface area contributed by atoms with Gasteiger partial charge in [0.2, 0.25) is 10.0 Å². The Hall–Kier alpha value is -2.02. The molecular weight excluding hydrogens is 372 g/mol. The van der Waals surface area contributed by atoms with Gasteiger partial charge in [-0.25, -0.2) is 13.1 Å². The van der Waals surface area contributed by atoms with Crippen LogP contribution in [0.4, 0.5) is 0 Å². The first-order chi connectivity index (χ1) is 12.4. The lowest BCUT2D eigenvalue weighted by atomic mass is 10.1. The molecule has 137 valence electrons. The standard InChI is InChI=1S/C19H20ClN2O3S/c1-13-17(18-11-15(25-2)5-8-19(18)22-13)9-10-21-26(23,24)16-6-3-14(12-20)4-7-16/h3-8,21-22H,9-10,12H2,1-2H3. The van der Waals surface area contributed by atoms with Crippen LogP contribution < -0.4 is 9.46 Å². The van der Waals surface area contributed by atoms with Crippen molar-refractivity contribution in [3.05, 3.63) is 59.3 Å². The molecule has 2 N–H and O–H groups in total. The minimum absolute atomic E-state index is 0.232. The number of H-pyrrole nitrogens is 1. The molecule has 3 rings (SSSR count). The van der Waals surface area contributed by atoms with Crippen molar-refractivity contribution in [2.75, 3.05) is 13.7 Å². The lowest BCUT2D eigenvalue weighted by Crippen LogP contribution is -2.26. The molecule has 5 nitrogen and oxygen atoms in total. The van der Waals surface area contributed by atoms with Gasteiger partial charge in [-0.05, 0) is 48.7 Å². The van der Waals surface area contributed by atoms with E-state index >= 15 is 0 Å². The highest BCUT2D eigenvalue weighted by atomic mass is 35.5. The number of methoxy groups -OCH3 is 1. The van der Waals surface area contributed by atoms with Crippen LogP contribution >= 0.6 is 11.6 Å². The summed E-state index contributed by atoms with van der Waals surface area (Å²) in [4.78, 5) is 3.53. The van der Waals surface area contributed by atoms with Gasteiger partial charge < -0.3 is 9.72 Å². The molecule has 0 aliphatic heterocycles. The Labute approximate surface area is 158 Å². The third-order valence-electron chi connectivity index (χ3n) is 4.27. The summed E-state index contributed by atoms with van der Waals surface area (Å²) in [6.07, 6.45) is 0.550. The summed E-state index contributed by atoms with van der Waals surface area (Å²) in [6.45, 7) is 2.26. The number of hydrogen-bond acceptors (Lipinski definition) is 3. The van der Waals surface area contributed by atoms with Crippen LogP contribution in [-0.4, -0.2) is 27.1 Å². The Morgan fingerprint density at radius 2 is 1.92 bits per heavy atom. The van der Waals surface area contributed by atoms with Crippen molar-refractivity contribution in [2.45, 2.75) is 24.1 Å². The predicted octanol–water partition coefficient (Wildman–Crippen LogP) is 3.54. The summed E-state index contributed by atoms with van der Waals surface area (Å²) >= 11 is 5.74. The fourth-order valence-corrected chi connectivity index (χ4v) is 4.07. The Morgan fingerprint density at radius 3 is 2.58 bits per heavy atom. The van der Waals surface area contributed by atoms with E-state index in [0.29, 0.717) is 24.6 Å². The average molecular weight is 392 g/mol. The van der Waals surface area contributed by atoms with Gasteiger partial charge in [-0.15, -0.1) is 11.6 Å². The first-order valence-electron chi connectivity index (χ1n) is 8.16. The maximum atomic E-state index is 12.4. The molecule has 2 aromatic carbocycles. The molecule has 26 heavy (non-hydrogen) atoms. The maximum absolute atomic E-state index is 12.4. The molecule has 0 bridgehead atoms. The number of hydrogen-bond donors (Lipinski definition) is 2. The second-order valence-corrected chi connectivity index (χ2v) is 8.00. The van der Waals surface area contributed by atoms with Crippen molar-refractivity contribution in [1.29, 1.82) is 0 Å². The Bertz CT molecular complexity index is 1010. The van der Waals surface area contributed by atoms with Gasteiger partial charge >= 0.3 is 0 Å². The molecule has 0 spiro atoms. The molecule has 0 saturated heterocycles. The third kappa shape index (κ3) is 3.87. The number of aryl methyl sites for hydroxylation is 1. The van der Waals surface area contributed by atoms with Crippen molar-refractivity contribution in [3.63, 3.8) is 0 Å². The van der Waals surface area contributed by atoms with E-state index < -0.39 is 10.0 Å². The molecular formula is C19H20ClN2O3S. The molecule has 7 heteroatoms. The highest BCUT2D eigenvalue weighted by Crippen LogP contribution is 2.26. The summed E-state index contributed by atoms with van der Waals surface area (Å²) < 4.78 is 32.7. The summed E-state index contributed by atoms with van der Waals surface area (Å²) in [7, 11) is -1.96. The molecule has 1 aromatic heterocycles. The Morgan fingerprint density at radius 1 is 1.19 bits per heavy atom. The van der Waals surface area contributed by atoms with Crippen LogP contribution in [0.2, 0.25) is 0 Å². The Kier molecular flexibility index (Phi) is 5.55. The van der Waals surface area contributed by atoms with Crippen molar-refractivity contribution in [3.8, 4) is 5.75 Å². The van der Waals surface area contributed by atoms with E-state index in [1.54, 1.807) is 31.4 Å². The molecule has 0 saturated carbocycles. The topological polar surface area (TPSA) is 71.2 Å². The fraction of sp³-hybridized carbons (Fsp3) is 0.263. The van der Waals surface area contributed by atoms with Crippen molar-refractivity contribution < 1.29 is 13.2 Å². The van der Waals surface area contributed by atoms with E-state index in [0.717, 1.165) is 27.7 Å². The fourth-order valence-electron chi connectivity index (χ4n) is 2.86. The summed E-state index contributed by atoms with van der Waals surface area (Å²) in [5.74, 6) is 1.01. The first kappa shape index (κ1) is 18.8. The van der Waals surface area contributed by atoms with Gasteiger partial charge in [0, 0.05) is 35.1 Å². The smallest absolute Gasteiger partial charge is 0.240 e. The van der Waals surface area contributed by atoms with E-state index in [2.05, 4.69) is 15.8 Å². The number of halogens is 1. The second-order valence-electron chi connectivity index (χ2n) is 5.97. The van der Waals surface area contributed by atoms with E-state index in [-0.39, 0.29) is 4.90 Å². The molecule has 3 aromatic rings. The predicted molar refractivity (Wildman–Crippen MR) is 103 cm³/mol. The zero-order valence-electron chi connectivity index (χ0n) is 14.6. The van der Waals surface area contributed by atoms with Gasteiger partial charge in [0.1, 0.15) is 5.75 Å². The Balaban J connectivity index is 1.74. The lowest BCUT2D eigenvalue weighted by molar-refractivity contribution is 0.414. The highest BCUT2D eigenvalue weighted by Gasteiger charge is 2.15. The maximum Gasteiger partial charge on any atom is 0.240 e. The molecule has 0 unspecified atom stereocenters. The molecule has 1 radical (unpaired) electrons. The SMILES string of the molecule is COc1[c]c2c(CCNS(=O)(=O)c3ccc(CCl)cc3)c(C)[nH]c2cc1. The van der Waals surface area contributed by atoms with Crippen LogP contribution in [0.1, 0.15) is 16.8 Å². The van der Waals surface area contributed by atoms with E-state index in [9.17, 15) is 8.42 Å². The zero-order valence-corrected chi connectivity index (χ0v) is 16.2. The number of fused-ring (bicyclic) bond motifs is 1. The van der Waals surface area contributed by atoms with Crippen LogP contribution in [0.25, 0.3) is 10.9 Å². The van der Waals surface area contributed by atoms with Crippen molar-refractivity contribution in [2.24, 2.45) is 0 Å². The molecule has 0 aliphatic carbocycles. The molecule has 0 fully saturated rings. The molecule has 0 amide bonds. The minimum atomic E-state index is -3.56. The summed E-state index contributed by atoms with van der Waals surface area (Å²) in [5, 5.41) is 0.924. The monoisotopic (exact) mass is 391 g/mol. The van der Waals surface area contributed by atoms with Gasteiger partial charge in [-0.3, -0.25) is 0 Å². The van der Waals surface area contributed by atoms with Gasteiger partial charge in [0.05, 0.1) is 12.0 Å². The van der Waals surface area contributed by atoms with Crippen LogP contribution in [0.5, 0.6) is 5.75 Å². The number of nitrogens with one attached hydrogen (secondary N) is 2. The second kappa shape index (κ2) is 7.70. The number of aromatic nitrogens is 1. The van der Waals surface area contributed by atoms with Gasteiger partial charge in [-0.1, -0.05) is 12.1 Å². The number of sulfonamides is 1. The van der Waals surface area contributed by atoms with Crippen molar-refractivity contribution >= 4 is 32.5 Å². The van der Waals surface area contributed by atoms with E-state index in [4.69, 9.17) is 16.3 Å². The normalized spacial score (nSPS) is 11.8. The van der Waals surface area contributed by atoms with Gasteiger partial charge in [0.25, 0.3) is 0 Å². The van der Waals surface area contributed by atoms with Gasteiger partial charge in [-0.2, -0.15) is 0 Å². The van der Waals surface area contributed by atoms with Crippen LogP contribution in [0, 0.1) is 13.0 Å². The average Bonchev–Trinajstić information content (AvgIpc) is 2.96. The van der Waals surface area contributed by atoms with Crippen LogP contribution in [0.3, 0.4) is 0 Å². The largest absolute Gasteiger partial charge is 0.496 e. The number of benzene rings is 2. The van der Waals surface area contributed by atoms with E-state index in [1.165, 1.54) is 0 Å². The number of rotatable bonds is 7. The lowest BCUT2D eigenvalue weighted by Gasteiger charge is -2.08. The quantitative estimate of drug-likeness (QED) is 0.605. The number of alkyl halides is 1. The highest BCUT2D eigenvalue weighted by molar-refractivity contribution is 7.89. The third-order valence-corrected chi connectivity index (χ3v) is 6.06. The first-order valence-corrected chi connectivity index (χ1v) is 10.2. The summed E-state index contributed by atoms with van der Waals surface area (Å²) in [6, 6.07) is 13.6. The summed E-state index contributed by atoms with van der Waals surface area (Å²) in [5.41, 5.74) is 3.86. The van der Waals surface area contributed by atoms with Gasteiger partial charge in [0.15, 0.2) is 0 Å². The van der Waals surface area contributed by atoms with E-state index in [1.807, 2.05) is 19.1 Å². The van der Waals surface area contributed by atoms with Crippen molar-refractivity contribution in [1.82, 2.24) is 9.71 Å². The van der Waals surface area contributed by atoms with Crippen LogP contribution in [0.15, 0.2) is 41.3 Å². The molecule has 0 atom stereocenters. The van der Waals surface area contributed by atoms with Crippen LogP contribution in [-0.2, 0) is 22.3 Å². The molecule has 0 aliphatic rings.